The summed E-state index contributed by atoms with van der Waals surface area (Å²) in [7, 11) is 0. The number of nitrogens with one attached hydrogen (secondary N) is 1. The van der Waals surface area contributed by atoms with Crippen LogP contribution >= 0.6 is 11.6 Å². The van der Waals surface area contributed by atoms with E-state index in [1.54, 1.807) is 0 Å². The van der Waals surface area contributed by atoms with Gasteiger partial charge in [-0.2, -0.15) is 0 Å². The number of amides is 3. The van der Waals surface area contributed by atoms with Crippen molar-refractivity contribution < 1.29 is 14.3 Å². The zero-order chi connectivity index (χ0) is 20.5. The van der Waals surface area contributed by atoms with Gasteiger partial charge in [0.25, 0.3) is 0 Å². The number of hydrogen-bond donors (Lipinski definition) is 1. The molecule has 3 aliphatic rings. The molecule has 2 saturated heterocycles. The number of nitrogens with zero attached hydrogens (tertiary/aromatic N) is 2. The van der Waals surface area contributed by atoms with E-state index < -0.39 is 0 Å². The van der Waals surface area contributed by atoms with Gasteiger partial charge in [0.05, 0.1) is 18.6 Å². The second-order valence-corrected chi connectivity index (χ2v) is 8.89. The Labute approximate surface area is 177 Å². The van der Waals surface area contributed by atoms with E-state index >= 15 is 0 Å². The smallest absolute Gasteiger partial charge is 0.317 e. The minimum absolute atomic E-state index is 0.00675. The van der Waals surface area contributed by atoms with Gasteiger partial charge < -0.3 is 19.9 Å². The highest BCUT2D eigenvalue weighted by Gasteiger charge is 2.42. The second kappa shape index (κ2) is 8.52. The number of likely N-dealkylation sites (N-methyl/N-ethyl adjacent to an activating group) is 1. The standard InChI is InChI=1S/C22H30ClN3O3/c1-3-26(17-6-8-25(12-17)21(27)16-7-9-29-13-16)22(28)24-20-11-18(20)15-4-5-19(23)14(2)10-15/h4-5,10,16-18,20H,3,6-9,11-13H2,1-2H3,(H,24,28)/t16-,17+,18-,20+/m1/s1. The zero-order valence-electron chi connectivity index (χ0n) is 17.2. The predicted octanol–water partition coefficient (Wildman–Crippen LogP) is 3.17. The van der Waals surface area contributed by atoms with Gasteiger partial charge in [-0.05, 0) is 50.3 Å². The molecule has 1 aromatic carbocycles. The molecule has 4 rings (SSSR count). The van der Waals surface area contributed by atoms with Crippen molar-refractivity contribution in [3.05, 3.63) is 34.3 Å². The molecule has 0 unspecified atom stereocenters. The summed E-state index contributed by atoms with van der Waals surface area (Å²) in [4.78, 5) is 29.3. The lowest BCUT2D eigenvalue weighted by molar-refractivity contribution is -0.134. The molecular formula is C22H30ClN3O3. The number of ether oxygens (including phenoxy) is 1. The lowest BCUT2D eigenvalue weighted by Gasteiger charge is -2.28. The molecule has 0 aromatic heterocycles. The number of aryl methyl sites for hydroxylation is 1. The molecule has 6 nitrogen and oxygen atoms in total. The molecule has 158 valence electrons. The summed E-state index contributed by atoms with van der Waals surface area (Å²) in [5, 5.41) is 3.97. The Hall–Kier alpha value is -1.79. The monoisotopic (exact) mass is 419 g/mol. The Morgan fingerprint density at radius 1 is 1.34 bits per heavy atom. The maximum Gasteiger partial charge on any atom is 0.317 e. The Kier molecular flexibility index (Phi) is 6.02. The van der Waals surface area contributed by atoms with E-state index in [0.29, 0.717) is 32.2 Å². The van der Waals surface area contributed by atoms with Gasteiger partial charge in [-0.1, -0.05) is 23.7 Å². The van der Waals surface area contributed by atoms with Gasteiger partial charge in [-0.3, -0.25) is 4.79 Å². The molecule has 29 heavy (non-hydrogen) atoms. The van der Waals surface area contributed by atoms with Crippen molar-refractivity contribution in [1.29, 1.82) is 0 Å². The van der Waals surface area contributed by atoms with Crippen LogP contribution in [0.3, 0.4) is 0 Å². The highest BCUT2D eigenvalue weighted by atomic mass is 35.5. The van der Waals surface area contributed by atoms with Gasteiger partial charge in [-0.15, -0.1) is 0 Å². The van der Waals surface area contributed by atoms with Crippen LogP contribution in [-0.2, 0) is 9.53 Å². The fourth-order valence-corrected chi connectivity index (χ4v) is 4.73. The summed E-state index contributed by atoms with van der Waals surface area (Å²) < 4.78 is 5.35. The average Bonchev–Trinajstić information content (AvgIpc) is 3.12. The number of likely N-dealkylation sites (tertiary alicyclic amines) is 1. The van der Waals surface area contributed by atoms with Gasteiger partial charge in [0.2, 0.25) is 5.91 Å². The van der Waals surface area contributed by atoms with Crippen molar-refractivity contribution in [2.45, 2.75) is 51.1 Å². The maximum atomic E-state index is 12.9. The second-order valence-electron chi connectivity index (χ2n) is 8.48. The van der Waals surface area contributed by atoms with E-state index in [0.717, 1.165) is 36.4 Å². The molecular weight excluding hydrogens is 390 g/mol. The van der Waals surface area contributed by atoms with Crippen molar-refractivity contribution in [1.82, 2.24) is 15.1 Å². The summed E-state index contributed by atoms with van der Waals surface area (Å²) >= 11 is 6.12. The van der Waals surface area contributed by atoms with Crippen LogP contribution in [-0.4, -0.2) is 66.7 Å². The summed E-state index contributed by atoms with van der Waals surface area (Å²) in [6, 6.07) is 6.34. The fraction of sp³-hybridized carbons (Fsp3) is 0.636. The first-order valence-electron chi connectivity index (χ1n) is 10.7. The fourth-order valence-electron chi connectivity index (χ4n) is 4.61. The van der Waals surface area contributed by atoms with Crippen molar-refractivity contribution >= 4 is 23.5 Å². The van der Waals surface area contributed by atoms with Gasteiger partial charge in [0.1, 0.15) is 0 Å². The summed E-state index contributed by atoms with van der Waals surface area (Å²) in [5.74, 6) is 0.534. The van der Waals surface area contributed by atoms with E-state index in [9.17, 15) is 9.59 Å². The van der Waals surface area contributed by atoms with Crippen LogP contribution < -0.4 is 5.32 Å². The molecule has 0 bridgehead atoms. The van der Waals surface area contributed by atoms with Gasteiger partial charge >= 0.3 is 6.03 Å². The molecule has 7 heteroatoms. The predicted molar refractivity (Wildman–Crippen MR) is 112 cm³/mol. The lowest BCUT2D eigenvalue weighted by atomic mass is 10.1. The maximum absolute atomic E-state index is 12.9. The highest BCUT2D eigenvalue weighted by molar-refractivity contribution is 6.31. The number of hydrogen-bond acceptors (Lipinski definition) is 3. The van der Waals surface area contributed by atoms with Crippen LogP contribution in [0, 0.1) is 12.8 Å². The van der Waals surface area contributed by atoms with Crippen LogP contribution in [0.5, 0.6) is 0 Å². The van der Waals surface area contributed by atoms with E-state index in [1.165, 1.54) is 5.56 Å². The Balaban J connectivity index is 1.31. The molecule has 3 amide bonds. The van der Waals surface area contributed by atoms with Crippen molar-refractivity contribution in [3.63, 3.8) is 0 Å². The lowest BCUT2D eigenvalue weighted by Crippen LogP contribution is -2.48. The molecule has 1 aliphatic carbocycles. The summed E-state index contributed by atoms with van der Waals surface area (Å²) in [6.07, 6.45) is 2.61. The number of carbonyl (C=O) groups excluding carboxylic acids is 2. The molecule has 0 spiro atoms. The van der Waals surface area contributed by atoms with Crippen molar-refractivity contribution in [2.75, 3.05) is 32.8 Å². The average molecular weight is 420 g/mol. The normalized spacial score (nSPS) is 28.4. The molecule has 2 aliphatic heterocycles. The first-order valence-corrected chi connectivity index (χ1v) is 11.1. The number of rotatable bonds is 5. The molecule has 4 atom stereocenters. The Morgan fingerprint density at radius 3 is 2.86 bits per heavy atom. The summed E-state index contributed by atoms with van der Waals surface area (Å²) in [5.41, 5.74) is 2.30. The van der Waals surface area contributed by atoms with E-state index in [1.807, 2.05) is 29.7 Å². The Morgan fingerprint density at radius 2 is 2.17 bits per heavy atom. The Bertz CT molecular complexity index is 781. The van der Waals surface area contributed by atoms with Gasteiger partial charge in [-0.25, -0.2) is 4.79 Å². The van der Waals surface area contributed by atoms with Crippen molar-refractivity contribution in [3.8, 4) is 0 Å². The van der Waals surface area contributed by atoms with Gasteiger partial charge in [0.15, 0.2) is 0 Å². The van der Waals surface area contributed by atoms with Crippen LogP contribution in [0.15, 0.2) is 18.2 Å². The molecule has 3 fully saturated rings. The highest BCUT2D eigenvalue weighted by Crippen LogP contribution is 2.41. The largest absolute Gasteiger partial charge is 0.381 e. The molecule has 1 saturated carbocycles. The first-order chi connectivity index (χ1) is 14.0. The van der Waals surface area contributed by atoms with Crippen LogP contribution in [0.25, 0.3) is 0 Å². The number of urea groups is 1. The number of halogens is 1. The molecule has 2 heterocycles. The first kappa shape index (κ1) is 20.5. The van der Waals surface area contributed by atoms with Crippen LogP contribution in [0.2, 0.25) is 5.02 Å². The van der Waals surface area contributed by atoms with E-state index in [-0.39, 0.29) is 29.9 Å². The summed E-state index contributed by atoms with van der Waals surface area (Å²) in [6.45, 7) is 7.20. The van der Waals surface area contributed by atoms with Gasteiger partial charge in [0, 0.05) is 43.2 Å². The minimum Gasteiger partial charge on any atom is -0.381 e. The third-order valence-corrected chi connectivity index (χ3v) is 6.93. The third kappa shape index (κ3) is 4.38. The number of carbonyl (C=O) groups is 2. The van der Waals surface area contributed by atoms with E-state index in [2.05, 4.69) is 17.4 Å². The minimum atomic E-state index is -0.0193. The molecule has 0 radical (unpaired) electrons. The molecule has 1 N–H and O–H groups in total. The van der Waals surface area contributed by atoms with Crippen molar-refractivity contribution in [2.24, 2.45) is 5.92 Å². The third-order valence-electron chi connectivity index (χ3n) is 6.51. The topological polar surface area (TPSA) is 61.9 Å². The van der Waals surface area contributed by atoms with E-state index in [4.69, 9.17) is 16.3 Å². The molecule has 1 aromatic rings. The SMILES string of the molecule is CCN(C(=O)N[C@H]1C[C@@H]1c1ccc(Cl)c(C)c1)[C@H]1CCN(C(=O)[C@@H]2CCOC2)C1. The van der Waals surface area contributed by atoms with Crippen LogP contribution in [0.4, 0.5) is 4.79 Å². The number of benzene rings is 1. The quantitative estimate of drug-likeness (QED) is 0.797. The van der Waals surface area contributed by atoms with Crippen LogP contribution in [0.1, 0.15) is 43.2 Å². The zero-order valence-corrected chi connectivity index (χ0v) is 18.0.